The van der Waals surface area contributed by atoms with Gasteiger partial charge in [-0.15, -0.1) is 0 Å². The van der Waals surface area contributed by atoms with E-state index in [2.05, 4.69) is 9.71 Å². The lowest BCUT2D eigenvalue weighted by Gasteiger charge is -2.21. The number of fused-ring (bicyclic) bond motifs is 1. The minimum absolute atomic E-state index is 0.00615. The molecule has 0 saturated heterocycles. The molecule has 1 aromatic heterocycles. The van der Waals surface area contributed by atoms with Gasteiger partial charge in [0.05, 0.1) is 10.6 Å². The molecule has 0 radical (unpaired) electrons. The zero-order valence-corrected chi connectivity index (χ0v) is 21.6. The average molecular weight is 511 g/mol. The third-order valence-corrected chi connectivity index (χ3v) is 7.20. The number of pyridine rings is 1. The molecule has 0 unspecified atom stereocenters. The molecule has 0 bridgehead atoms. The van der Waals surface area contributed by atoms with Crippen LogP contribution >= 0.6 is 0 Å². The van der Waals surface area contributed by atoms with Crippen molar-refractivity contribution in [2.24, 2.45) is 0 Å². The van der Waals surface area contributed by atoms with Crippen LogP contribution in [0.4, 0.5) is 0 Å². The van der Waals surface area contributed by atoms with E-state index in [1.54, 1.807) is 42.5 Å². The maximum absolute atomic E-state index is 13.4. The first-order valence-electron chi connectivity index (χ1n) is 11.9. The number of ether oxygens (including phenoxy) is 3. The first kappa shape index (κ1) is 25.5. The van der Waals surface area contributed by atoms with Gasteiger partial charge in [0.25, 0.3) is 15.9 Å². The second kappa shape index (κ2) is 10.6. The van der Waals surface area contributed by atoms with Crippen molar-refractivity contribution in [3.63, 3.8) is 0 Å². The summed E-state index contributed by atoms with van der Waals surface area (Å²) in [5.74, 6) is 0.834. The Morgan fingerprint density at radius 1 is 1.03 bits per heavy atom. The molecule has 2 aromatic carbocycles. The van der Waals surface area contributed by atoms with Gasteiger partial charge >= 0.3 is 0 Å². The topological polar surface area (TPSA) is 104 Å². The summed E-state index contributed by atoms with van der Waals surface area (Å²) in [5.41, 5.74) is 2.94. The fraction of sp³-hybridized carbons (Fsp3) is 0.333. The molecule has 36 heavy (non-hydrogen) atoms. The molecule has 1 aliphatic rings. The maximum Gasteiger partial charge on any atom is 0.279 e. The number of amides is 1. The number of aromatic nitrogens is 1. The molecule has 1 amide bonds. The smallest absolute Gasteiger partial charge is 0.279 e. The van der Waals surface area contributed by atoms with Gasteiger partial charge in [-0.1, -0.05) is 45.4 Å². The van der Waals surface area contributed by atoms with Crippen LogP contribution in [0.5, 0.6) is 17.2 Å². The molecule has 0 aliphatic carbocycles. The van der Waals surface area contributed by atoms with Gasteiger partial charge in [0.1, 0.15) is 5.75 Å². The fourth-order valence-corrected chi connectivity index (χ4v) is 4.86. The molecule has 9 heteroatoms. The lowest BCUT2D eigenvalue weighted by Crippen LogP contribution is -2.37. The molecule has 1 N–H and O–H groups in total. The van der Waals surface area contributed by atoms with E-state index in [1.165, 1.54) is 12.1 Å². The standard InChI is InChI=1S/C27H30N2O6S/c1-5-6-22-23(13-7-18(4)28-22)35-26(20-10-14-24-25(15-20)34-16-33-24)27(30)29-36(31,32)21-11-8-19(9-12-21)17(2)3/h7-15,17,26H,5-6,16H2,1-4H3,(H,29,30)/t26-/m1/s1. The summed E-state index contributed by atoms with van der Waals surface area (Å²) in [4.78, 5) is 18.0. The van der Waals surface area contributed by atoms with Gasteiger partial charge in [0.15, 0.2) is 11.5 Å². The van der Waals surface area contributed by atoms with E-state index < -0.39 is 22.0 Å². The van der Waals surface area contributed by atoms with Crippen LogP contribution in [0.2, 0.25) is 0 Å². The third-order valence-electron chi connectivity index (χ3n) is 5.83. The van der Waals surface area contributed by atoms with E-state index in [9.17, 15) is 13.2 Å². The Morgan fingerprint density at radius 3 is 2.42 bits per heavy atom. The summed E-state index contributed by atoms with van der Waals surface area (Å²) in [6.45, 7) is 8.01. The highest BCUT2D eigenvalue weighted by atomic mass is 32.2. The van der Waals surface area contributed by atoms with Crippen LogP contribution < -0.4 is 18.9 Å². The summed E-state index contributed by atoms with van der Waals surface area (Å²) in [6, 6.07) is 14.9. The number of aryl methyl sites for hydroxylation is 2. The summed E-state index contributed by atoms with van der Waals surface area (Å²) in [7, 11) is -4.14. The molecule has 1 atom stereocenters. The quantitative estimate of drug-likeness (QED) is 0.440. The Bertz CT molecular complexity index is 1350. The van der Waals surface area contributed by atoms with Crippen LogP contribution in [0.3, 0.4) is 0 Å². The SMILES string of the molecule is CCCc1nc(C)ccc1O[C@@H](C(=O)NS(=O)(=O)c1ccc(C(C)C)cc1)c1ccc2c(c1)OCO2. The zero-order chi connectivity index (χ0) is 25.9. The fourth-order valence-electron chi connectivity index (χ4n) is 3.87. The molecular weight excluding hydrogens is 480 g/mol. The normalized spacial score (nSPS) is 13.5. The van der Waals surface area contributed by atoms with E-state index in [-0.39, 0.29) is 17.6 Å². The van der Waals surface area contributed by atoms with Crippen LogP contribution in [0.1, 0.15) is 61.7 Å². The molecule has 0 spiro atoms. The Morgan fingerprint density at radius 2 is 1.72 bits per heavy atom. The van der Waals surface area contributed by atoms with Crippen molar-refractivity contribution in [2.75, 3.05) is 6.79 Å². The number of carbonyl (C=O) groups is 1. The Hall–Kier alpha value is -3.59. The highest BCUT2D eigenvalue weighted by Crippen LogP contribution is 2.36. The number of nitrogens with zero attached hydrogens (tertiary/aromatic N) is 1. The third kappa shape index (κ3) is 5.62. The van der Waals surface area contributed by atoms with Gasteiger partial charge < -0.3 is 14.2 Å². The first-order chi connectivity index (χ1) is 17.2. The Labute approximate surface area is 211 Å². The van der Waals surface area contributed by atoms with Crippen molar-refractivity contribution >= 4 is 15.9 Å². The molecule has 190 valence electrons. The van der Waals surface area contributed by atoms with Crippen LogP contribution in [-0.4, -0.2) is 26.1 Å². The zero-order valence-electron chi connectivity index (χ0n) is 20.8. The summed E-state index contributed by atoms with van der Waals surface area (Å²) in [6.07, 6.45) is 0.200. The second-order valence-electron chi connectivity index (χ2n) is 8.95. The van der Waals surface area contributed by atoms with Crippen LogP contribution in [0.25, 0.3) is 0 Å². The van der Waals surface area contributed by atoms with Crippen LogP contribution in [0.15, 0.2) is 59.5 Å². The lowest BCUT2D eigenvalue weighted by molar-refractivity contribution is -0.126. The van der Waals surface area contributed by atoms with Gasteiger partial charge in [-0.3, -0.25) is 9.78 Å². The van der Waals surface area contributed by atoms with E-state index in [1.807, 2.05) is 27.7 Å². The summed E-state index contributed by atoms with van der Waals surface area (Å²) < 4.78 is 45.3. The highest BCUT2D eigenvalue weighted by molar-refractivity contribution is 7.90. The van der Waals surface area contributed by atoms with Gasteiger partial charge in [-0.25, -0.2) is 13.1 Å². The van der Waals surface area contributed by atoms with Crippen molar-refractivity contribution in [3.05, 3.63) is 77.1 Å². The second-order valence-corrected chi connectivity index (χ2v) is 10.6. The number of nitrogens with one attached hydrogen (secondary N) is 1. The predicted molar refractivity (Wildman–Crippen MR) is 135 cm³/mol. The number of sulfonamides is 1. The van der Waals surface area contributed by atoms with E-state index in [4.69, 9.17) is 14.2 Å². The number of hydrogen-bond donors (Lipinski definition) is 1. The molecule has 1 aliphatic heterocycles. The molecule has 4 rings (SSSR count). The van der Waals surface area contributed by atoms with Gasteiger partial charge in [-0.05, 0) is 61.2 Å². The van der Waals surface area contributed by atoms with Crippen LogP contribution in [0, 0.1) is 6.92 Å². The highest BCUT2D eigenvalue weighted by Gasteiger charge is 2.30. The number of rotatable bonds is 9. The van der Waals surface area contributed by atoms with E-state index >= 15 is 0 Å². The lowest BCUT2D eigenvalue weighted by atomic mass is 10.0. The van der Waals surface area contributed by atoms with Crippen molar-refractivity contribution in [1.82, 2.24) is 9.71 Å². The Kier molecular flexibility index (Phi) is 7.49. The number of carbonyl (C=O) groups excluding carboxylic acids is 1. The van der Waals surface area contributed by atoms with E-state index in [0.29, 0.717) is 34.9 Å². The molecule has 3 aromatic rings. The van der Waals surface area contributed by atoms with Crippen molar-refractivity contribution in [1.29, 1.82) is 0 Å². The molecule has 0 fully saturated rings. The first-order valence-corrected chi connectivity index (χ1v) is 13.4. The van der Waals surface area contributed by atoms with Crippen LogP contribution in [-0.2, 0) is 21.2 Å². The molecular formula is C27H30N2O6S. The average Bonchev–Trinajstić information content (AvgIpc) is 3.31. The van der Waals surface area contributed by atoms with Gasteiger partial charge in [0.2, 0.25) is 12.9 Å². The van der Waals surface area contributed by atoms with Crippen molar-refractivity contribution in [2.45, 2.75) is 57.5 Å². The minimum atomic E-state index is -4.14. The maximum atomic E-state index is 13.4. The monoisotopic (exact) mass is 510 g/mol. The molecule has 0 saturated carbocycles. The van der Waals surface area contributed by atoms with Gasteiger partial charge in [-0.2, -0.15) is 0 Å². The summed E-state index contributed by atoms with van der Waals surface area (Å²) in [5, 5.41) is 0. The minimum Gasteiger partial charge on any atom is -0.474 e. The number of hydrogen-bond acceptors (Lipinski definition) is 7. The Balaban J connectivity index is 1.67. The van der Waals surface area contributed by atoms with Crippen molar-refractivity contribution < 1.29 is 27.4 Å². The molecule has 2 heterocycles. The van der Waals surface area contributed by atoms with Gasteiger partial charge in [0, 0.05) is 11.3 Å². The summed E-state index contributed by atoms with van der Waals surface area (Å²) >= 11 is 0. The molecule has 8 nitrogen and oxygen atoms in total. The van der Waals surface area contributed by atoms with Crippen molar-refractivity contribution in [3.8, 4) is 17.2 Å². The predicted octanol–water partition coefficient (Wildman–Crippen LogP) is 4.82. The van der Waals surface area contributed by atoms with E-state index in [0.717, 1.165) is 17.7 Å². The largest absolute Gasteiger partial charge is 0.474 e. The number of benzene rings is 2.